The molecule has 8 heteroatoms. The van der Waals surface area contributed by atoms with Crippen LogP contribution in [0.1, 0.15) is 10.4 Å². The van der Waals surface area contributed by atoms with Gasteiger partial charge in [-0.15, -0.1) is 0 Å². The van der Waals surface area contributed by atoms with Crippen LogP contribution in [0.4, 0.5) is 5.95 Å². The molecule has 4 heterocycles. The quantitative estimate of drug-likeness (QED) is 0.686. The van der Waals surface area contributed by atoms with E-state index in [0.717, 1.165) is 0 Å². The topological polar surface area (TPSA) is 98.5 Å². The summed E-state index contributed by atoms with van der Waals surface area (Å²) in [5, 5.41) is 6.31. The van der Waals surface area contributed by atoms with E-state index in [1.54, 1.807) is 30.7 Å². The van der Waals surface area contributed by atoms with Gasteiger partial charge in [0, 0.05) is 11.8 Å². The van der Waals surface area contributed by atoms with Crippen molar-refractivity contribution in [3.63, 3.8) is 0 Å². The van der Waals surface area contributed by atoms with Gasteiger partial charge in [0.15, 0.2) is 5.76 Å². The van der Waals surface area contributed by atoms with E-state index in [2.05, 4.69) is 20.6 Å². The van der Waals surface area contributed by atoms with Gasteiger partial charge in [-0.25, -0.2) is 9.97 Å². The Morgan fingerprint density at radius 3 is 2.55 bits per heavy atom. The lowest BCUT2D eigenvalue weighted by atomic mass is 10.1. The van der Waals surface area contributed by atoms with E-state index in [1.165, 1.54) is 0 Å². The Bertz CT molecular complexity index is 979. The van der Waals surface area contributed by atoms with Gasteiger partial charge in [0.25, 0.3) is 5.91 Å². The number of nitrogens with zero attached hydrogens (tertiary/aromatic N) is 2. The molecule has 2 aliphatic heterocycles. The zero-order valence-electron chi connectivity index (χ0n) is 15.5. The molecular formula is C21H20N4O4. The molecule has 2 fully saturated rings. The van der Waals surface area contributed by atoms with Crippen molar-refractivity contribution in [1.29, 1.82) is 0 Å². The molecule has 0 bridgehead atoms. The zero-order valence-corrected chi connectivity index (χ0v) is 15.5. The lowest BCUT2D eigenvalue weighted by molar-refractivity contribution is 0.0652. The van der Waals surface area contributed by atoms with Crippen molar-refractivity contribution in [1.82, 2.24) is 15.3 Å². The summed E-state index contributed by atoms with van der Waals surface area (Å²) in [4.78, 5) is 21.2. The fraction of sp³-hybridized carbons (Fsp3) is 0.286. The molecule has 0 radical (unpaired) electrons. The molecule has 2 aromatic heterocycles. The van der Waals surface area contributed by atoms with Gasteiger partial charge in [-0.05, 0) is 30.3 Å². The molecule has 29 heavy (non-hydrogen) atoms. The van der Waals surface area contributed by atoms with E-state index in [9.17, 15) is 4.79 Å². The molecule has 8 nitrogen and oxygen atoms in total. The molecule has 1 aromatic carbocycles. The van der Waals surface area contributed by atoms with Crippen molar-refractivity contribution in [2.75, 3.05) is 18.5 Å². The Balaban J connectivity index is 1.24. The van der Waals surface area contributed by atoms with E-state index in [1.807, 2.05) is 30.3 Å². The molecule has 2 N–H and O–H groups in total. The van der Waals surface area contributed by atoms with Gasteiger partial charge in [0.1, 0.15) is 17.9 Å². The van der Waals surface area contributed by atoms with Crippen LogP contribution in [0.25, 0.3) is 11.5 Å². The number of fused-ring (bicyclic) bond motifs is 1. The number of hydrogen-bond donors (Lipinski definition) is 2. The van der Waals surface area contributed by atoms with Crippen LogP contribution in [0, 0.1) is 0 Å². The normalized spacial score (nSPS) is 25.5. The second kappa shape index (κ2) is 7.65. The number of amides is 1. The van der Waals surface area contributed by atoms with Crippen LogP contribution >= 0.6 is 0 Å². The summed E-state index contributed by atoms with van der Waals surface area (Å²) in [5.41, 5.74) is 1.31. The van der Waals surface area contributed by atoms with Gasteiger partial charge < -0.3 is 24.5 Å². The van der Waals surface area contributed by atoms with Crippen LogP contribution < -0.4 is 10.6 Å². The third kappa shape index (κ3) is 3.59. The first-order valence-electron chi connectivity index (χ1n) is 9.50. The first-order valence-corrected chi connectivity index (χ1v) is 9.50. The molecular weight excluding hydrogens is 372 g/mol. The fourth-order valence-corrected chi connectivity index (χ4v) is 3.74. The molecule has 2 aliphatic rings. The van der Waals surface area contributed by atoms with Crippen LogP contribution in [0.5, 0.6) is 0 Å². The molecule has 5 rings (SSSR count). The Kier molecular flexibility index (Phi) is 4.71. The number of carbonyl (C=O) groups excluding carboxylic acids is 1. The predicted octanol–water partition coefficient (Wildman–Crippen LogP) is 2.11. The average molecular weight is 392 g/mol. The summed E-state index contributed by atoms with van der Waals surface area (Å²) in [6, 6.07) is 14.3. The Morgan fingerprint density at radius 1 is 0.966 bits per heavy atom. The fourth-order valence-electron chi connectivity index (χ4n) is 3.74. The minimum absolute atomic E-state index is 0.106. The monoisotopic (exact) mass is 392 g/mol. The summed E-state index contributed by atoms with van der Waals surface area (Å²) in [6.45, 7) is 0.848. The second-order valence-electron chi connectivity index (χ2n) is 7.04. The van der Waals surface area contributed by atoms with E-state index in [0.29, 0.717) is 36.2 Å². The van der Waals surface area contributed by atoms with Crippen molar-refractivity contribution in [3.05, 3.63) is 66.6 Å². The highest BCUT2D eigenvalue weighted by molar-refractivity contribution is 5.94. The van der Waals surface area contributed by atoms with E-state index in [-0.39, 0.29) is 30.2 Å². The number of rotatable bonds is 5. The number of aromatic nitrogens is 2. The average Bonchev–Trinajstić information content (AvgIpc) is 3.49. The van der Waals surface area contributed by atoms with Crippen LogP contribution in [0.3, 0.4) is 0 Å². The van der Waals surface area contributed by atoms with Gasteiger partial charge in [0.2, 0.25) is 5.95 Å². The third-order valence-electron chi connectivity index (χ3n) is 5.15. The molecule has 3 aromatic rings. The van der Waals surface area contributed by atoms with Gasteiger partial charge >= 0.3 is 0 Å². The van der Waals surface area contributed by atoms with Crippen LogP contribution in [-0.4, -0.2) is 53.4 Å². The minimum Gasteiger partial charge on any atom is -0.463 e. The summed E-state index contributed by atoms with van der Waals surface area (Å²) < 4.78 is 17.3. The van der Waals surface area contributed by atoms with E-state index < -0.39 is 0 Å². The van der Waals surface area contributed by atoms with Crippen LogP contribution in [-0.2, 0) is 9.47 Å². The van der Waals surface area contributed by atoms with Gasteiger partial charge in [0.05, 0.1) is 31.6 Å². The predicted molar refractivity (Wildman–Crippen MR) is 104 cm³/mol. The highest BCUT2D eigenvalue weighted by Crippen LogP contribution is 2.29. The van der Waals surface area contributed by atoms with E-state index >= 15 is 0 Å². The SMILES string of the molecule is O=C(N[C@H]1CO[C@H]2[C@@H]1OC[C@@H]2Nc1nccc(-c2ccco2)n1)c1ccccc1. The van der Waals surface area contributed by atoms with Gasteiger partial charge in [-0.2, -0.15) is 0 Å². The zero-order chi connectivity index (χ0) is 19.6. The highest BCUT2D eigenvalue weighted by atomic mass is 16.6. The van der Waals surface area contributed by atoms with Crippen LogP contribution in [0.2, 0.25) is 0 Å². The Morgan fingerprint density at radius 2 is 1.76 bits per heavy atom. The molecule has 2 saturated heterocycles. The molecule has 148 valence electrons. The Hall–Kier alpha value is -3.23. The van der Waals surface area contributed by atoms with Crippen LogP contribution in [0.15, 0.2) is 65.4 Å². The molecule has 0 spiro atoms. The molecule has 0 unspecified atom stereocenters. The minimum atomic E-state index is -0.214. The van der Waals surface area contributed by atoms with Crippen molar-refractivity contribution >= 4 is 11.9 Å². The lowest BCUT2D eigenvalue weighted by Crippen LogP contribution is -2.44. The highest BCUT2D eigenvalue weighted by Gasteiger charge is 2.48. The van der Waals surface area contributed by atoms with E-state index in [4.69, 9.17) is 13.9 Å². The summed E-state index contributed by atoms with van der Waals surface area (Å²) in [6.07, 6.45) is 2.88. The summed E-state index contributed by atoms with van der Waals surface area (Å²) in [7, 11) is 0. The maximum atomic E-state index is 12.4. The van der Waals surface area contributed by atoms with Gasteiger partial charge in [-0.3, -0.25) is 4.79 Å². The standard InChI is InChI=1S/C21H20N4O4/c26-20(13-5-2-1-3-6-13)23-15-11-28-19-16(12-29-18(15)19)25-21-22-9-8-14(24-21)17-7-4-10-27-17/h1-10,15-16,18-19H,11-12H2,(H,23,26)(H,22,24,25)/t15-,16-,18+,19+/m0/s1. The lowest BCUT2D eigenvalue weighted by Gasteiger charge is -2.18. The maximum absolute atomic E-state index is 12.4. The largest absolute Gasteiger partial charge is 0.463 e. The smallest absolute Gasteiger partial charge is 0.251 e. The number of nitrogens with one attached hydrogen (secondary N) is 2. The number of benzene rings is 1. The number of ether oxygens (including phenoxy) is 2. The number of anilines is 1. The Labute approximate surface area is 167 Å². The molecule has 0 saturated carbocycles. The third-order valence-corrected chi connectivity index (χ3v) is 5.15. The van der Waals surface area contributed by atoms with Gasteiger partial charge in [-0.1, -0.05) is 18.2 Å². The molecule has 0 aliphatic carbocycles. The van der Waals surface area contributed by atoms with Crippen molar-refractivity contribution in [3.8, 4) is 11.5 Å². The van der Waals surface area contributed by atoms with Crippen molar-refractivity contribution in [2.24, 2.45) is 0 Å². The van der Waals surface area contributed by atoms with Crippen molar-refractivity contribution < 1.29 is 18.7 Å². The maximum Gasteiger partial charge on any atom is 0.251 e. The number of hydrogen-bond acceptors (Lipinski definition) is 7. The van der Waals surface area contributed by atoms with Crippen molar-refractivity contribution in [2.45, 2.75) is 24.3 Å². The molecule has 1 amide bonds. The first-order chi connectivity index (χ1) is 14.3. The first kappa shape index (κ1) is 17.8. The number of carbonyl (C=O) groups is 1. The summed E-state index contributed by atoms with van der Waals surface area (Å²) in [5.74, 6) is 1.03. The second-order valence-corrected chi connectivity index (χ2v) is 7.04. The number of furan rings is 1. The summed E-state index contributed by atoms with van der Waals surface area (Å²) >= 11 is 0. The molecule has 4 atom stereocenters.